The summed E-state index contributed by atoms with van der Waals surface area (Å²) in [7, 11) is 0. The number of nitrogens with zero attached hydrogens (tertiary/aromatic N) is 1. The van der Waals surface area contributed by atoms with E-state index < -0.39 is 6.29 Å². The lowest BCUT2D eigenvalue weighted by Gasteiger charge is -2.14. The van der Waals surface area contributed by atoms with Gasteiger partial charge in [0.05, 0.1) is 13.2 Å². The second kappa shape index (κ2) is 12.6. The van der Waals surface area contributed by atoms with Gasteiger partial charge >= 0.3 is 0 Å². The maximum atomic E-state index is 12.6. The molecule has 0 heterocycles. The lowest BCUT2D eigenvalue weighted by atomic mass is 9.94. The van der Waals surface area contributed by atoms with Crippen LogP contribution in [-0.2, 0) is 17.7 Å². The van der Waals surface area contributed by atoms with E-state index in [0.717, 1.165) is 22.3 Å². The molecule has 1 unspecified atom stereocenters. The first-order valence-electron chi connectivity index (χ1n) is 9.74. The minimum absolute atomic E-state index is 0.00736. The van der Waals surface area contributed by atoms with Crippen LogP contribution >= 0.6 is 0 Å². The Morgan fingerprint density at radius 3 is 2.83 bits per heavy atom. The summed E-state index contributed by atoms with van der Waals surface area (Å²) in [6, 6.07) is 13.2. The number of carbonyl (C=O) groups is 1. The first kappa shape index (κ1) is 23.4. The number of ketones is 1. The van der Waals surface area contributed by atoms with Crippen LogP contribution in [0.25, 0.3) is 11.1 Å². The predicted molar refractivity (Wildman–Crippen MR) is 119 cm³/mol. The molecule has 0 fully saturated rings. The Labute approximate surface area is 177 Å². The summed E-state index contributed by atoms with van der Waals surface area (Å²) in [6.45, 7) is 3.77. The van der Waals surface area contributed by atoms with Crippen molar-refractivity contribution in [2.45, 2.75) is 25.7 Å². The maximum absolute atomic E-state index is 12.6. The van der Waals surface area contributed by atoms with Gasteiger partial charge in [0.2, 0.25) is 0 Å². The molecule has 0 aliphatic rings. The zero-order valence-electron chi connectivity index (χ0n) is 16.9. The van der Waals surface area contributed by atoms with Gasteiger partial charge < -0.3 is 20.7 Å². The minimum Gasteiger partial charge on any atom is -0.394 e. The van der Waals surface area contributed by atoms with Gasteiger partial charge in [-0.3, -0.25) is 9.79 Å². The molecule has 6 heteroatoms. The molecule has 158 valence electrons. The number of rotatable bonds is 12. The number of hydrogen-bond acceptors (Lipinski definition) is 6. The van der Waals surface area contributed by atoms with Crippen LogP contribution < -0.4 is 5.73 Å². The van der Waals surface area contributed by atoms with Gasteiger partial charge in [0.1, 0.15) is 0 Å². The van der Waals surface area contributed by atoms with Crippen molar-refractivity contribution in [2.75, 3.05) is 13.2 Å². The van der Waals surface area contributed by atoms with Crippen LogP contribution in [0, 0.1) is 0 Å². The molecule has 0 bridgehead atoms. The van der Waals surface area contributed by atoms with E-state index >= 15 is 0 Å². The number of ether oxygens (including phenoxy) is 1. The number of aliphatic imine (C=N–C) groups is 1. The number of carbonyl (C=O) groups excluding carboxylic acids is 1. The van der Waals surface area contributed by atoms with Crippen LogP contribution in [0.15, 0.2) is 72.4 Å². The van der Waals surface area contributed by atoms with Crippen molar-refractivity contribution < 1.29 is 19.7 Å². The average Bonchev–Trinajstić information content (AvgIpc) is 2.77. The number of Topliss-reactive ketones (excluding diaryl/α,β-unsaturated/α-hetero) is 1. The van der Waals surface area contributed by atoms with E-state index in [1.807, 2.05) is 36.4 Å². The summed E-state index contributed by atoms with van der Waals surface area (Å²) in [5.41, 5.74) is 10.1. The monoisotopic (exact) mass is 408 g/mol. The highest BCUT2D eigenvalue weighted by Gasteiger charge is 2.12. The number of hydrogen-bond donors (Lipinski definition) is 3. The molecule has 0 radical (unpaired) electrons. The lowest BCUT2D eigenvalue weighted by Crippen LogP contribution is -2.17. The Bertz CT molecular complexity index is 906. The molecule has 6 nitrogen and oxygen atoms in total. The number of aliphatic hydroxyl groups excluding tert-OH is 2. The van der Waals surface area contributed by atoms with Gasteiger partial charge in [-0.25, -0.2) is 0 Å². The van der Waals surface area contributed by atoms with E-state index in [0.29, 0.717) is 18.5 Å². The molecular formula is C24H28N2O4. The molecule has 0 saturated carbocycles. The van der Waals surface area contributed by atoms with Crippen molar-refractivity contribution in [1.29, 1.82) is 0 Å². The molecular weight excluding hydrogens is 380 g/mol. The fraction of sp³-hybridized carbons (Fsp3) is 0.250. The zero-order valence-corrected chi connectivity index (χ0v) is 16.9. The fourth-order valence-electron chi connectivity index (χ4n) is 2.98. The topological polar surface area (TPSA) is 105 Å². The number of allylic oxidation sites excluding steroid dienone is 2. The normalized spacial score (nSPS) is 12.5. The Kier molecular flexibility index (Phi) is 9.83. The molecule has 0 aliphatic heterocycles. The van der Waals surface area contributed by atoms with Gasteiger partial charge in [0, 0.05) is 37.4 Å². The second-order valence-electron chi connectivity index (χ2n) is 6.57. The van der Waals surface area contributed by atoms with Crippen molar-refractivity contribution >= 4 is 12.0 Å². The highest BCUT2D eigenvalue weighted by molar-refractivity contribution is 5.98. The Morgan fingerprint density at radius 2 is 2.10 bits per heavy atom. The van der Waals surface area contributed by atoms with Gasteiger partial charge in [-0.2, -0.15) is 0 Å². The van der Waals surface area contributed by atoms with Crippen LogP contribution in [0.2, 0.25) is 0 Å². The van der Waals surface area contributed by atoms with Crippen molar-refractivity contribution in [3.63, 3.8) is 0 Å². The first-order valence-corrected chi connectivity index (χ1v) is 9.74. The van der Waals surface area contributed by atoms with Gasteiger partial charge in [-0.15, -0.1) is 0 Å². The first-order chi connectivity index (χ1) is 14.6. The number of nitrogens with two attached hydrogens (primary N) is 1. The Hall–Kier alpha value is -2.90. The molecule has 1 atom stereocenters. The highest BCUT2D eigenvalue weighted by Crippen LogP contribution is 2.27. The van der Waals surface area contributed by atoms with Gasteiger partial charge in [0.25, 0.3) is 0 Å². The lowest BCUT2D eigenvalue weighted by molar-refractivity contribution is -0.105. The molecule has 0 amide bonds. The maximum Gasteiger partial charge on any atom is 0.166 e. The summed E-state index contributed by atoms with van der Waals surface area (Å²) in [5.74, 6) is -0.00736. The Morgan fingerprint density at radius 1 is 1.27 bits per heavy atom. The van der Waals surface area contributed by atoms with Gasteiger partial charge in [-0.1, -0.05) is 49.1 Å². The summed E-state index contributed by atoms with van der Waals surface area (Å²) in [6.07, 6.45) is 6.03. The number of aliphatic hydroxyl groups is 2. The fourth-order valence-corrected chi connectivity index (χ4v) is 2.98. The molecule has 0 aromatic heterocycles. The van der Waals surface area contributed by atoms with Crippen LogP contribution in [0.1, 0.15) is 27.9 Å². The predicted octanol–water partition coefficient (Wildman–Crippen LogP) is 3.03. The van der Waals surface area contributed by atoms with Crippen molar-refractivity contribution in [3.05, 3.63) is 84.1 Å². The van der Waals surface area contributed by atoms with E-state index in [2.05, 4.69) is 11.6 Å². The second-order valence-corrected chi connectivity index (χ2v) is 6.57. The van der Waals surface area contributed by atoms with Crippen LogP contribution in [0.4, 0.5) is 0 Å². The van der Waals surface area contributed by atoms with Crippen molar-refractivity contribution in [1.82, 2.24) is 0 Å². The molecule has 2 aromatic rings. The SMILES string of the molecule is C=CN=C/C=C/CC(=O)c1ccc(CN)c(-c2cccc(CC(O)OCCO)c2)c1. The van der Waals surface area contributed by atoms with Gasteiger partial charge in [-0.05, 0) is 34.4 Å². The average molecular weight is 408 g/mol. The molecule has 0 aliphatic carbocycles. The molecule has 30 heavy (non-hydrogen) atoms. The van der Waals surface area contributed by atoms with Crippen LogP contribution in [-0.4, -0.2) is 41.7 Å². The van der Waals surface area contributed by atoms with Crippen molar-refractivity contribution in [2.24, 2.45) is 10.7 Å². The smallest absolute Gasteiger partial charge is 0.166 e. The van der Waals surface area contributed by atoms with Crippen LogP contribution in [0.3, 0.4) is 0 Å². The van der Waals surface area contributed by atoms with Crippen LogP contribution in [0.5, 0.6) is 0 Å². The van der Waals surface area contributed by atoms with Crippen molar-refractivity contribution in [3.8, 4) is 11.1 Å². The third-order valence-electron chi connectivity index (χ3n) is 4.42. The zero-order chi connectivity index (χ0) is 21.8. The van der Waals surface area contributed by atoms with E-state index in [-0.39, 0.29) is 25.4 Å². The molecule has 0 saturated heterocycles. The van der Waals surface area contributed by atoms with Gasteiger partial charge in [0.15, 0.2) is 12.1 Å². The standard InChI is InChI=1S/C24H28N2O4/c1-2-26-11-4-3-8-23(28)20-9-10-21(17-25)22(16-20)19-7-5-6-18(14-19)15-24(29)30-13-12-27/h2-7,9-11,14,16,24,27,29H,1,8,12-13,15,17,25H2/b4-3+,26-11?. The van der Waals surface area contributed by atoms with E-state index in [1.165, 1.54) is 6.20 Å². The quantitative estimate of drug-likeness (QED) is 0.284. The highest BCUT2D eigenvalue weighted by atomic mass is 16.6. The molecule has 2 aromatic carbocycles. The summed E-state index contributed by atoms with van der Waals surface area (Å²) >= 11 is 0. The summed E-state index contributed by atoms with van der Waals surface area (Å²) < 4.78 is 5.12. The minimum atomic E-state index is -0.995. The molecule has 0 spiro atoms. The summed E-state index contributed by atoms with van der Waals surface area (Å²) in [5, 5.41) is 18.7. The van der Waals surface area contributed by atoms with E-state index in [4.69, 9.17) is 15.6 Å². The third-order valence-corrected chi connectivity index (χ3v) is 4.42. The van der Waals surface area contributed by atoms with E-state index in [9.17, 15) is 9.90 Å². The summed E-state index contributed by atoms with van der Waals surface area (Å²) in [4.78, 5) is 16.4. The third kappa shape index (κ3) is 7.17. The molecule has 4 N–H and O–H groups in total. The largest absolute Gasteiger partial charge is 0.394 e. The Balaban J connectivity index is 2.23. The molecule has 2 rings (SSSR count). The number of benzene rings is 2. The van der Waals surface area contributed by atoms with E-state index in [1.54, 1.807) is 24.4 Å².